The van der Waals surface area contributed by atoms with E-state index in [1.165, 1.54) is 18.8 Å². The molecule has 26 heavy (non-hydrogen) atoms. The normalized spacial score (nSPS) is 25.5. The van der Waals surface area contributed by atoms with Crippen LogP contribution in [0.5, 0.6) is 0 Å². The minimum atomic E-state index is -4.04. The molecule has 2 N–H and O–H groups in total. The van der Waals surface area contributed by atoms with E-state index in [1.807, 2.05) is 0 Å². The Hall–Kier alpha value is -1.46. The first-order valence-electron chi connectivity index (χ1n) is 7.66. The van der Waals surface area contributed by atoms with E-state index in [2.05, 4.69) is 0 Å². The molecule has 9 nitrogen and oxygen atoms in total. The predicted molar refractivity (Wildman–Crippen MR) is 81.9 cm³/mol. The Balaban J connectivity index is 2.36. The van der Waals surface area contributed by atoms with Crippen molar-refractivity contribution in [1.82, 2.24) is 9.55 Å². The second kappa shape index (κ2) is 7.65. The number of alkyl halides is 2. The van der Waals surface area contributed by atoms with Crippen molar-refractivity contribution in [2.24, 2.45) is 0 Å². The van der Waals surface area contributed by atoms with Gasteiger partial charge in [0.15, 0.2) is 0 Å². The molecule has 1 saturated heterocycles. The minimum absolute atomic E-state index is 0.0372. The Kier molecular flexibility index (Phi) is 6.13. The third-order valence-corrected chi connectivity index (χ3v) is 5.72. The number of hydrogen-bond donors (Lipinski definition) is 2. The average Bonchev–Trinajstić information content (AvgIpc) is 2.75. The van der Waals surface area contributed by atoms with Gasteiger partial charge in [-0.05, 0) is 13.8 Å². The summed E-state index contributed by atoms with van der Waals surface area (Å²) in [6, 6.07) is 0. The van der Waals surface area contributed by atoms with Crippen LogP contribution in [0.3, 0.4) is 0 Å². The molecule has 0 spiro atoms. The van der Waals surface area contributed by atoms with Crippen LogP contribution in [0.1, 0.15) is 20.1 Å². The zero-order valence-corrected chi connectivity index (χ0v) is 14.8. The van der Waals surface area contributed by atoms with E-state index in [4.69, 9.17) is 13.8 Å². The minimum Gasteiger partial charge on any atom is -0.384 e. The number of H-pyrrole nitrogens is 1. The van der Waals surface area contributed by atoms with Crippen LogP contribution in [0.2, 0.25) is 0 Å². The van der Waals surface area contributed by atoms with Gasteiger partial charge in [0.2, 0.25) is 12.0 Å². The number of ether oxygens (including phenoxy) is 1. The average molecular weight is 402 g/mol. The van der Waals surface area contributed by atoms with Crippen LogP contribution in [0, 0.1) is 5.82 Å². The third-order valence-electron chi connectivity index (χ3n) is 3.61. The van der Waals surface area contributed by atoms with Crippen LogP contribution in [0.15, 0.2) is 15.8 Å². The molecule has 148 valence electrons. The zero-order chi connectivity index (χ0) is 19.7. The maximum absolute atomic E-state index is 14.4. The van der Waals surface area contributed by atoms with Gasteiger partial charge in [0.1, 0.15) is 12.2 Å². The van der Waals surface area contributed by atoms with Gasteiger partial charge >= 0.3 is 19.2 Å². The molecule has 2 rings (SSSR count). The van der Waals surface area contributed by atoms with Crippen LogP contribution < -0.4 is 11.2 Å². The maximum Gasteiger partial charge on any atom is 0.333 e. The summed E-state index contributed by atoms with van der Waals surface area (Å²) in [6.45, 7) is 2.95. The number of nitrogens with one attached hydrogen (secondary N) is 1. The topological polar surface area (TPSA) is 120 Å². The first-order valence-corrected chi connectivity index (χ1v) is 9.39. The molecular weight excluding hydrogens is 384 g/mol. The number of halogens is 3. The van der Waals surface area contributed by atoms with E-state index in [0.717, 1.165) is 0 Å². The number of hydrogen-bond acceptors (Lipinski definition) is 7. The third kappa shape index (κ3) is 3.94. The number of aliphatic hydroxyl groups excluding tert-OH is 1. The lowest BCUT2D eigenvalue weighted by atomic mass is 10.1. The fraction of sp³-hybridized carbons (Fsp3) is 0.692. The Morgan fingerprint density at radius 3 is 2.46 bits per heavy atom. The highest BCUT2D eigenvalue weighted by atomic mass is 31.2. The molecule has 0 amide bonds. The maximum atomic E-state index is 14.4. The molecule has 0 aromatic carbocycles. The second-order valence-corrected chi connectivity index (χ2v) is 7.52. The number of rotatable bonds is 7. The Morgan fingerprint density at radius 1 is 1.35 bits per heavy atom. The Labute approximate surface area is 145 Å². The molecule has 3 atom stereocenters. The smallest absolute Gasteiger partial charge is 0.333 e. The lowest BCUT2D eigenvalue weighted by Gasteiger charge is -2.22. The first-order chi connectivity index (χ1) is 12.1. The summed E-state index contributed by atoms with van der Waals surface area (Å²) in [4.78, 5) is 24.3. The van der Waals surface area contributed by atoms with Crippen molar-refractivity contribution >= 4 is 7.60 Å². The highest BCUT2D eigenvalue weighted by Crippen LogP contribution is 2.53. The summed E-state index contributed by atoms with van der Waals surface area (Å²) in [5.41, 5.74) is -2.74. The monoisotopic (exact) mass is 402 g/mol. The van der Waals surface area contributed by atoms with Crippen molar-refractivity contribution < 1.29 is 36.6 Å². The summed E-state index contributed by atoms with van der Waals surface area (Å²) in [5.74, 6) is -5.53. The Bertz CT molecular complexity index is 802. The SMILES string of the molecule is CCOP(=O)(C[C@H]1O[C@@H](n2cc(F)c(=O)[nH]c2=O)C(F)(F)[C@@H]1O)OCC. The van der Waals surface area contributed by atoms with Crippen LogP contribution >= 0.6 is 7.60 Å². The molecular formula is C13H18F3N2O7P. The highest BCUT2D eigenvalue weighted by Gasteiger charge is 2.61. The Morgan fingerprint density at radius 2 is 1.92 bits per heavy atom. The van der Waals surface area contributed by atoms with Gasteiger partial charge in [-0.25, -0.2) is 4.79 Å². The van der Waals surface area contributed by atoms with E-state index in [9.17, 15) is 32.4 Å². The van der Waals surface area contributed by atoms with Gasteiger partial charge in [-0.1, -0.05) is 0 Å². The molecule has 1 fully saturated rings. The van der Waals surface area contributed by atoms with Gasteiger partial charge in [0, 0.05) is 0 Å². The largest absolute Gasteiger partial charge is 0.384 e. The molecule has 0 radical (unpaired) electrons. The second-order valence-electron chi connectivity index (χ2n) is 5.42. The molecule has 0 bridgehead atoms. The molecule has 0 aliphatic carbocycles. The molecule has 1 aliphatic rings. The fourth-order valence-corrected chi connectivity index (χ4v) is 4.31. The van der Waals surface area contributed by atoms with Crippen molar-refractivity contribution in [3.8, 4) is 0 Å². The van der Waals surface area contributed by atoms with Crippen LogP contribution in [0.4, 0.5) is 13.2 Å². The molecule has 0 saturated carbocycles. The van der Waals surface area contributed by atoms with Crippen LogP contribution in [0.25, 0.3) is 0 Å². The van der Waals surface area contributed by atoms with E-state index in [-0.39, 0.29) is 24.0 Å². The summed E-state index contributed by atoms with van der Waals surface area (Å²) in [5, 5.41) is 9.87. The summed E-state index contributed by atoms with van der Waals surface area (Å²) in [6.07, 6.45) is -7.07. The van der Waals surface area contributed by atoms with E-state index in [1.54, 1.807) is 0 Å². The lowest BCUT2D eigenvalue weighted by molar-refractivity contribution is -0.141. The molecule has 2 heterocycles. The molecule has 0 unspecified atom stereocenters. The van der Waals surface area contributed by atoms with Crippen molar-refractivity contribution in [1.29, 1.82) is 0 Å². The van der Waals surface area contributed by atoms with Crippen molar-refractivity contribution in [2.45, 2.75) is 38.2 Å². The summed E-state index contributed by atoms with van der Waals surface area (Å²) >= 11 is 0. The van der Waals surface area contributed by atoms with Crippen molar-refractivity contribution in [3.63, 3.8) is 0 Å². The summed E-state index contributed by atoms with van der Waals surface area (Å²) in [7, 11) is -3.85. The number of nitrogens with zero attached hydrogens (tertiary/aromatic N) is 1. The quantitative estimate of drug-likeness (QED) is 0.649. The highest BCUT2D eigenvalue weighted by molar-refractivity contribution is 7.53. The summed E-state index contributed by atoms with van der Waals surface area (Å²) < 4.78 is 69.6. The van der Waals surface area contributed by atoms with E-state index in [0.29, 0.717) is 0 Å². The van der Waals surface area contributed by atoms with Gasteiger partial charge in [0.05, 0.1) is 25.6 Å². The molecule has 13 heteroatoms. The zero-order valence-electron chi connectivity index (χ0n) is 13.9. The van der Waals surface area contributed by atoms with Crippen molar-refractivity contribution in [3.05, 3.63) is 32.9 Å². The van der Waals surface area contributed by atoms with Gasteiger partial charge in [0.25, 0.3) is 5.56 Å². The van der Waals surface area contributed by atoms with Gasteiger partial charge in [-0.15, -0.1) is 0 Å². The van der Waals surface area contributed by atoms with E-state index < -0.39 is 55.2 Å². The van der Waals surface area contributed by atoms with Gasteiger partial charge < -0.3 is 18.9 Å². The molecule has 1 aliphatic heterocycles. The van der Waals surface area contributed by atoms with Crippen LogP contribution in [-0.4, -0.2) is 52.2 Å². The van der Waals surface area contributed by atoms with Gasteiger partial charge in [-0.2, -0.15) is 13.2 Å². The fourth-order valence-electron chi connectivity index (χ4n) is 2.51. The standard InChI is InChI=1S/C13H18F3N2O7P/c1-3-23-26(22,24-4-2)6-8-9(19)13(15,16)11(25-8)18-5-7(14)10(20)17-12(18)21/h5,8-9,11,19H,3-4,6H2,1-2H3,(H,17,20,21)/t8-,9-,11-/m1/s1. The van der Waals surface area contributed by atoms with Crippen LogP contribution in [-0.2, 0) is 18.3 Å². The lowest BCUT2D eigenvalue weighted by Crippen LogP contribution is -2.43. The predicted octanol–water partition coefficient (Wildman–Crippen LogP) is 0.835. The first kappa shape index (κ1) is 20.8. The number of aliphatic hydroxyl groups is 1. The number of aromatic amines is 1. The van der Waals surface area contributed by atoms with Gasteiger partial charge in [-0.3, -0.25) is 18.9 Å². The number of aromatic nitrogens is 2. The van der Waals surface area contributed by atoms with E-state index >= 15 is 0 Å². The molecule has 1 aromatic rings. The molecule has 1 aromatic heterocycles. The van der Waals surface area contributed by atoms with Crippen molar-refractivity contribution in [2.75, 3.05) is 19.4 Å².